The number of rotatable bonds is 8. The van der Waals surface area contributed by atoms with Crippen LogP contribution in [0, 0.1) is 13.8 Å². The van der Waals surface area contributed by atoms with Crippen molar-refractivity contribution in [2.24, 2.45) is 0 Å². The molecular formula is C31H34ClN5S. The van der Waals surface area contributed by atoms with E-state index < -0.39 is 0 Å². The van der Waals surface area contributed by atoms with Crippen LogP contribution in [0.5, 0.6) is 0 Å². The van der Waals surface area contributed by atoms with Gasteiger partial charge >= 0.3 is 0 Å². The summed E-state index contributed by atoms with van der Waals surface area (Å²) in [5.74, 6) is 0.511. The largest absolute Gasteiger partial charge is 0.298 e. The number of aromatic nitrogens is 2. The Balaban J connectivity index is 1.19. The van der Waals surface area contributed by atoms with Crippen LogP contribution in [0.2, 0.25) is 5.15 Å². The van der Waals surface area contributed by atoms with Crippen molar-refractivity contribution in [3.05, 3.63) is 106 Å². The summed E-state index contributed by atoms with van der Waals surface area (Å²) in [6, 6.07) is 27.6. The molecular weight excluding hydrogens is 510 g/mol. The highest BCUT2D eigenvalue weighted by Gasteiger charge is 2.16. The third-order valence-corrected chi connectivity index (χ3v) is 7.89. The summed E-state index contributed by atoms with van der Waals surface area (Å²) in [7, 11) is 0. The molecule has 0 aliphatic carbocycles. The minimum atomic E-state index is 0.428. The second kappa shape index (κ2) is 12.8. The van der Waals surface area contributed by atoms with Crippen LogP contribution in [0.25, 0.3) is 11.3 Å². The summed E-state index contributed by atoms with van der Waals surface area (Å²) in [6.45, 7) is 10.6. The van der Waals surface area contributed by atoms with Crippen LogP contribution in [0.4, 0.5) is 5.95 Å². The van der Waals surface area contributed by atoms with Crippen molar-refractivity contribution in [1.29, 1.82) is 0 Å². The maximum atomic E-state index is 6.38. The van der Waals surface area contributed by atoms with Crippen LogP contribution < -0.4 is 4.72 Å². The Morgan fingerprint density at radius 1 is 0.763 bits per heavy atom. The molecule has 5 rings (SSSR count). The molecule has 2 heterocycles. The topological polar surface area (TPSA) is 44.3 Å². The number of nitrogens with zero attached hydrogens (tertiary/aromatic N) is 4. The molecule has 1 fully saturated rings. The monoisotopic (exact) mass is 543 g/mol. The van der Waals surface area contributed by atoms with Gasteiger partial charge in [0.15, 0.2) is 0 Å². The Bertz CT molecular complexity index is 1340. The zero-order chi connectivity index (χ0) is 26.3. The maximum absolute atomic E-state index is 6.38. The molecule has 0 atom stereocenters. The highest BCUT2D eigenvalue weighted by Crippen LogP contribution is 2.29. The predicted molar refractivity (Wildman–Crippen MR) is 159 cm³/mol. The van der Waals surface area contributed by atoms with Crippen molar-refractivity contribution in [2.75, 3.05) is 30.9 Å². The van der Waals surface area contributed by atoms with Crippen molar-refractivity contribution in [2.45, 2.75) is 38.3 Å². The molecule has 1 N–H and O–H groups in total. The minimum Gasteiger partial charge on any atom is -0.298 e. The van der Waals surface area contributed by atoms with Gasteiger partial charge in [0.1, 0.15) is 5.15 Å². The Morgan fingerprint density at radius 2 is 1.42 bits per heavy atom. The van der Waals surface area contributed by atoms with Gasteiger partial charge in [0.2, 0.25) is 5.95 Å². The van der Waals surface area contributed by atoms with E-state index >= 15 is 0 Å². The molecule has 196 valence electrons. The molecule has 0 radical (unpaired) electrons. The summed E-state index contributed by atoms with van der Waals surface area (Å²) >= 11 is 7.90. The summed E-state index contributed by atoms with van der Waals surface area (Å²) in [6.07, 6.45) is 1.19. The van der Waals surface area contributed by atoms with E-state index in [1.807, 2.05) is 6.07 Å². The SMILES string of the molecule is Cc1cccc(C)c1-c1cc(Cl)nc(NSc2cccc(CN3CCCN(Cc4ccccc4)CC3)c2)n1. The summed E-state index contributed by atoms with van der Waals surface area (Å²) in [4.78, 5) is 15.4. The van der Waals surface area contributed by atoms with E-state index in [1.165, 1.54) is 40.6 Å². The number of hydrogen-bond donors (Lipinski definition) is 1. The minimum absolute atomic E-state index is 0.428. The molecule has 0 unspecified atom stereocenters. The third-order valence-electron chi connectivity index (χ3n) is 6.93. The van der Waals surface area contributed by atoms with Gasteiger partial charge in [0.05, 0.1) is 5.69 Å². The van der Waals surface area contributed by atoms with E-state index in [0.717, 1.165) is 55.4 Å². The molecule has 5 nitrogen and oxygen atoms in total. The summed E-state index contributed by atoms with van der Waals surface area (Å²) in [5, 5.41) is 0.428. The number of benzene rings is 3. The summed E-state index contributed by atoms with van der Waals surface area (Å²) in [5.41, 5.74) is 6.98. The highest BCUT2D eigenvalue weighted by molar-refractivity contribution is 8.00. The molecule has 1 aromatic heterocycles. The van der Waals surface area contributed by atoms with E-state index in [2.05, 4.69) is 106 Å². The van der Waals surface area contributed by atoms with Crippen LogP contribution in [-0.4, -0.2) is 45.9 Å². The first-order valence-corrected chi connectivity index (χ1v) is 14.3. The molecule has 4 aromatic rings. The number of anilines is 1. The van der Waals surface area contributed by atoms with Gasteiger partial charge in [-0.15, -0.1) is 0 Å². The quantitative estimate of drug-likeness (QED) is 0.187. The first kappa shape index (κ1) is 26.7. The normalized spacial score (nSPS) is 14.8. The van der Waals surface area contributed by atoms with Gasteiger partial charge < -0.3 is 0 Å². The second-order valence-corrected chi connectivity index (χ2v) is 11.2. The molecule has 0 saturated carbocycles. The van der Waals surface area contributed by atoms with E-state index in [4.69, 9.17) is 16.6 Å². The Labute approximate surface area is 235 Å². The van der Waals surface area contributed by atoms with Crippen LogP contribution in [0.1, 0.15) is 28.7 Å². The fraction of sp³-hybridized carbons (Fsp3) is 0.290. The smallest absolute Gasteiger partial charge is 0.235 e. The third kappa shape index (κ3) is 7.14. The van der Waals surface area contributed by atoms with Crippen LogP contribution in [0.15, 0.2) is 83.8 Å². The highest BCUT2D eigenvalue weighted by atomic mass is 35.5. The fourth-order valence-corrected chi connectivity index (χ4v) is 5.90. The van der Waals surface area contributed by atoms with Crippen molar-refractivity contribution in [1.82, 2.24) is 19.8 Å². The van der Waals surface area contributed by atoms with Gasteiger partial charge in [-0.05, 0) is 79.7 Å². The lowest BCUT2D eigenvalue weighted by atomic mass is 10.00. The van der Waals surface area contributed by atoms with Gasteiger partial charge in [-0.1, -0.05) is 72.3 Å². The molecule has 38 heavy (non-hydrogen) atoms. The Kier molecular flexibility index (Phi) is 8.97. The lowest BCUT2D eigenvalue weighted by Crippen LogP contribution is -2.30. The lowest BCUT2D eigenvalue weighted by molar-refractivity contribution is 0.247. The molecule has 1 aliphatic rings. The lowest BCUT2D eigenvalue weighted by Gasteiger charge is -2.22. The summed E-state index contributed by atoms with van der Waals surface area (Å²) < 4.78 is 3.31. The zero-order valence-electron chi connectivity index (χ0n) is 22.0. The van der Waals surface area contributed by atoms with Crippen LogP contribution >= 0.6 is 23.5 Å². The molecule has 1 aliphatic heterocycles. The Morgan fingerprint density at radius 3 is 2.16 bits per heavy atom. The Hall–Kier alpha value is -2.90. The fourth-order valence-electron chi connectivity index (χ4n) is 5.06. The van der Waals surface area contributed by atoms with Crippen LogP contribution in [-0.2, 0) is 13.1 Å². The molecule has 1 saturated heterocycles. The van der Waals surface area contributed by atoms with Crippen LogP contribution in [0.3, 0.4) is 0 Å². The van der Waals surface area contributed by atoms with Gasteiger partial charge in [0.25, 0.3) is 0 Å². The standard InChI is InChI=1S/C31H34ClN5S/c1-23-9-6-10-24(2)30(23)28-20-29(32)34-31(33-28)35-38-27-14-7-13-26(19-27)22-37-16-8-15-36(17-18-37)21-25-11-4-3-5-12-25/h3-7,9-14,19-20H,8,15-18,21-22H2,1-2H3,(H,33,34,35). The zero-order valence-corrected chi connectivity index (χ0v) is 23.6. The number of halogens is 1. The molecule has 7 heteroatoms. The van der Waals surface area contributed by atoms with Gasteiger partial charge in [-0.25, -0.2) is 9.97 Å². The van der Waals surface area contributed by atoms with Gasteiger partial charge in [0, 0.05) is 42.7 Å². The predicted octanol–water partition coefficient (Wildman–Crippen LogP) is 7.24. The average Bonchev–Trinajstić information content (AvgIpc) is 3.13. The van der Waals surface area contributed by atoms with E-state index in [-0.39, 0.29) is 0 Å². The van der Waals surface area contributed by atoms with Gasteiger partial charge in [-0.2, -0.15) is 0 Å². The maximum Gasteiger partial charge on any atom is 0.235 e. The molecule has 0 spiro atoms. The van der Waals surface area contributed by atoms with E-state index in [1.54, 1.807) is 0 Å². The average molecular weight is 544 g/mol. The van der Waals surface area contributed by atoms with Crippen molar-refractivity contribution in [3.63, 3.8) is 0 Å². The van der Waals surface area contributed by atoms with Crippen molar-refractivity contribution >= 4 is 29.5 Å². The molecule has 3 aromatic carbocycles. The van der Waals surface area contributed by atoms with Crippen molar-refractivity contribution < 1.29 is 0 Å². The molecule has 0 bridgehead atoms. The first-order chi connectivity index (χ1) is 18.5. The van der Waals surface area contributed by atoms with E-state index in [0.29, 0.717) is 11.1 Å². The number of nitrogens with one attached hydrogen (secondary N) is 1. The molecule has 0 amide bonds. The first-order valence-electron chi connectivity index (χ1n) is 13.1. The van der Waals surface area contributed by atoms with E-state index in [9.17, 15) is 0 Å². The number of hydrogen-bond acceptors (Lipinski definition) is 6. The van der Waals surface area contributed by atoms with Gasteiger partial charge in [-0.3, -0.25) is 14.5 Å². The number of aryl methyl sites for hydroxylation is 2. The van der Waals surface area contributed by atoms with Crippen molar-refractivity contribution in [3.8, 4) is 11.3 Å². The second-order valence-electron chi connectivity index (χ2n) is 9.91.